The van der Waals surface area contributed by atoms with E-state index >= 15 is 0 Å². The molecular weight excluding hydrogens is 458 g/mol. The summed E-state index contributed by atoms with van der Waals surface area (Å²) in [6.07, 6.45) is 0. The monoisotopic (exact) mass is 483 g/mol. The van der Waals surface area contributed by atoms with Crippen molar-refractivity contribution in [1.82, 2.24) is 19.2 Å². The molecule has 1 amide bonds. The van der Waals surface area contributed by atoms with Crippen LogP contribution in [0.3, 0.4) is 0 Å². The number of aryl methyl sites for hydroxylation is 3. The van der Waals surface area contributed by atoms with E-state index in [4.69, 9.17) is 0 Å². The van der Waals surface area contributed by atoms with Crippen molar-refractivity contribution in [2.75, 3.05) is 5.32 Å². The van der Waals surface area contributed by atoms with E-state index in [1.165, 1.54) is 11.8 Å². The topological polar surface area (TPSA) is 81.3 Å². The van der Waals surface area contributed by atoms with E-state index in [0.717, 1.165) is 28.1 Å². The number of hydrogen-bond acceptors (Lipinski definition) is 5. The summed E-state index contributed by atoms with van der Waals surface area (Å²) in [6.45, 7) is 7.75. The van der Waals surface area contributed by atoms with Gasteiger partial charge in [-0.3, -0.25) is 14.0 Å². The maximum absolute atomic E-state index is 13.5. The molecule has 5 rings (SSSR count). The highest BCUT2D eigenvalue weighted by molar-refractivity contribution is 8.00. The van der Waals surface area contributed by atoms with Gasteiger partial charge in [-0.05, 0) is 62.6 Å². The van der Waals surface area contributed by atoms with E-state index in [1.54, 1.807) is 10.6 Å². The number of carbonyl (C=O) groups is 1. The van der Waals surface area contributed by atoms with Gasteiger partial charge in [-0.25, -0.2) is 4.57 Å². The van der Waals surface area contributed by atoms with Gasteiger partial charge in [0.25, 0.3) is 5.56 Å². The summed E-state index contributed by atoms with van der Waals surface area (Å²) in [5.41, 5.74) is 5.09. The summed E-state index contributed by atoms with van der Waals surface area (Å²) in [5, 5.41) is 12.5. The molecule has 2 aromatic heterocycles. The van der Waals surface area contributed by atoms with Crippen LogP contribution < -0.4 is 10.9 Å². The summed E-state index contributed by atoms with van der Waals surface area (Å²) in [5.74, 6) is 0.286. The van der Waals surface area contributed by atoms with Crippen molar-refractivity contribution in [2.24, 2.45) is 0 Å². The van der Waals surface area contributed by atoms with Crippen molar-refractivity contribution in [3.8, 4) is 5.69 Å². The third-order valence-electron chi connectivity index (χ3n) is 6.13. The highest BCUT2D eigenvalue weighted by Crippen LogP contribution is 2.28. The molecule has 0 saturated carbocycles. The zero-order valence-electron chi connectivity index (χ0n) is 19.9. The second-order valence-corrected chi connectivity index (χ2v) is 9.89. The lowest BCUT2D eigenvalue weighted by Crippen LogP contribution is -2.24. The van der Waals surface area contributed by atoms with Crippen LogP contribution in [-0.4, -0.2) is 30.3 Å². The fourth-order valence-corrected chi connectivity index (χ4v) is 5.09. The first-order chi connectivity index (χ1) is 16.9. The van der Waals surface area contributed by atoms with Crippen LogP contribution in [0.25, 0.3) is 22.4 Å². The normalized spacial score (nSPS) is 12.2. The van der Waals surface area contributed by atoms with E-state index in [9.17, 15) is 9.59 Å². The first-order valence-electron chi connectivity index (χ1n) is 11.4. The molecule has 0 aliphatic carbocycles. The average Bonchev–Trinajstić information content (AvgIpc) is 3.26. The summed E-state index contributed by atoms with van der Waals surface area (Å²) in [6, 6.07) is 21.0. The fourth-order valence-electron chi connectivity index (χ4n) is 4.23. The average molecular weight is 484 g/mol. The molecule has 0 aliphatic rings. The number of hydrogen-bond donors (Lipinski definition) is 1. The number of rotatable bonds is 5. The van der Waals surface area contributed by atoms with Crippen molar-refractivity contribution in [2.45, 2.75) is 38.1 Å². The first kappa shape index (κ1) is 22.9. The van der Waals surface area contributed by atoms with E-state index in [0.29, 0.717) is 21.8 Å². The number of thioether (sulfide) groups is 1. The first-order valence-corrected chi connectivity index (χ1v) is 12.2. The number of nitrogens with zero attached hydrogens (tertiary/aromatic N) is 4. The molecule has 5 aromatic rings. The van der Waals surface area contributed by atoms with Crippen LogP contribution in [0.5, 0.6) is 0 Å². The lowest BCUT2D eigenvalue weighted by Gasteiger charge is -2.16. The Balaban J connectivity index is 1.60. The third-order valence-corrected chi connectivity index (χ3v) is 7.17. The lowest BCUT2D eigenvalue weighted by atomic mass is 10.1. The molecule has 1 N–H and O–H groups in total. The number of benzene rings is 3. The Morgan fingerprint density at radius 3 is 2.29 bits per heavy atom. The molecule has 176 valence electrons. The minimum absolute atomic E-state index is 0.124. The molecule has 0 fully saturated rings. The predicted octanol–water partition coefficient (Wildman–Crippen LogP) is 5.08. The largest absolute Gasteiger partial charge is 0.325 e. The molecule has 1 unspecified atom stereocenters. The molecule has 1 atom stereocenters. The van der Waals surface area contributed by atoms with Gasteiger partial charge in [-0.2, -0.15) is 0 Å². The Bertz CT molecular complexity index is 1630. The van der Waals surface area contributed by atoms with Crippen molar-refractivity contribution < 1.29 is 4.79 Å². The van der Waals surface area contributed by atoms with E-state index < -0.39 is 5.25 Å². The van der Waals surface area contributed by atoms with Gasteiger partial charge < -0.3 is 5.32 Å². The Kier molecular flexibility index (Phi) is 5.90. The van der Waals surface area contributed by atoms with Gasteiger partial charge in [0, 0.05) is 5.69 Å². The van der Waals surface area contributed by atoms with Gasteiger partial charge in [-0.15, -0.1) is 10.2 Å². The van der Waals surface area contributed by atoms with Crippen LogP contribution in [0.1, 0.15) is 23.6 Å². The number of nitrogens with one attached hydrogen (secondary N) is 1. The maximum Gasteiger partial charge on any atom is 0.267 e. The predicted molar refractivity (Wildman–Crippen MR) is 141 cm³/mol. The number of amides is 1. The number of fused-ring (bicyclic) bond motifs is 3. The van der Waals surface area contributed by atoms with E-state index in [1.807, 2.05) is 92.8 Å². The summed E-state index contributed by atoms with van der Waals surface area (Å²) in [4.78, 5) is 26.6. The Morgan fingerprint density at radius 1 is 0.886 bits per heavy atom. The van der Waals surface area contributed by atoms with Gasteiger partial charge >= 0.3 is 0 Å². The maximum atomic E-state index is 13.5. The SMILES string of the molecule is Cc1ccccc1-n1c(=O)c2ccccc2n2c(SC(C)C(=O)Nc3c(C)cccc3C)nnc12. The molecule has 8 heteroatoms. The molecule has 2 heterocycles. The molecule has 0 aliphatic heterocycles. The van der Waals surface area contributed by atoms with Crippen LogP contribution >= 0.6 is 11.8 Å². The molecule has 0 saturated heterocycles. The second kappa shape index (κ2) is 9.03. The van der Waals surface area contributed by atoms with Gasteiger partial charge in [0.05, 0.1) is 21.8 Å². The van der Waals surface area contributed by atoms with Crippen LogP contribution in [-0.2, 0) is 4.79 Å². The van der Waals surface area contributed by atoms with E-state index in [2.05, 4.69) is 15.5 Å². The van der Waals surface area contributed by atoms with Gasteiger partial charge in [0.15, 0.2) is 5.16 Å². The Morgan fingerprint density at radius 2 is 1.54 bits per heavy atom. The standard InChI is InChI=1S/C27H25N5O2S/c1-16-10-5-7-14-21(16)31-25(34)20-13-6-8-15-22(20)32-26(31)29-30-27(32)35-19(4)24(33)28-23-17(2)11-9-12-18(23)3/h5-15,19H,1-4H3,(H,28,33). The van der Waals surface area contributed by atoms with Gasteiger partial charge in [0.1, 0.15) is 0 Å². The van der Waals surface area contributed by atoms with Crippen molar-refractivity contribution in [3.63, 3.8) is 0 Å². The van der Waals surface area contributed by atoms with Gasteiger partial charge in [-0.1, -0.05) is 60.3 Å². The smallest absolute Gasteiger partial charge is 0.267 e. The molecule has 0 spiro atoms. The lowest BCUT2D eigenvalue weighted by molar-refractivity contribution is -0.115. The quantitative estimate of drug-likeness (QED) is 0.353. The molecular formula is C27H25N5O2S. The molecule has 3 aromatic carbocycles. The minimum Gasteiger partial charge on any atom is -0.325 e. The van der Waals surface area contributed by atoms with Crippen LogP contribution in [0.4, 0.5) is 5.69 Å². The zero-order chi connectivity index (χ0) is 24.7. The summed E-state index contributed by atoms with van der Waals surface area (Å²) >= 11 is 1.31. The van der Waals surface area contributed by atoms with Crippen molar-refractivity contribution in [1.29, 1.82) is 0 Å². The van der Waals surface area contributed by atoms with Crippen LogP contribution in [0.2, 0.25) is 0 Å². The zero-order valence-corrected chi connectivity index (χ0v) is 20.8. The molecule has 35 heavy (non-hydrogen) atoms. The number of anilines is 1. The molecule has 7 nitrogen and oxygen atoms in total. The number of carbonyl (C=O) groups excluding carboxylic acids is 1. The number of para-hydroxylation sites is 3. The summed E-state index contributed by atoms with van der Waals surface area (Å²) in [7, 11) is 0. The minimum atomic E-state index is -0.445. The Hall–Kier alpha value is -3.91. The molecule has 0 bridgehead atoms. The van der Waals surface area contributed by atoms with Gasteiger partial charge in [0.2, 0.25) is 11.7 Å². The highest BCUT2D eigenvalue weighted by atomic mass is 32.2. The van der Waals surface area contributed by atoms with Crippen molar-refractivity contribution >= 4 is 40.0 Å². The third kappa shape index (κ3) is 4.00. The second-order valence-electron chi connectivity index (χ2n) is 8.58. The van der Waals surface area contributed by atoms with Crippen LogP contribution in [0, 0.1) is 20.8 Å². The Labute approximate surface area is 206 Å². The van der Waals surface area contributed by atoms with Crippen LogP contribution in [0.15, 0.2) is 76.7 Å². The fraction of sp³-hybridized carbons (Fsp3) is 0.185. The molecule has 0 radical (unpaired) electrons. The summed E-state index contributed by atoms with van der Waals surface area (Å²) < 4.78 is 3.45. The highest BCUT2D eigenvalue weighted by Gasteiger charge is 2.23. The van der Waals surface area contributed by atoms with Crippen molar-refractivity contribution in [3.05, 3.63) is 93.8 Å². The number of aromatic nitrogens is 4. The van der Waals surface area contributed by atoms with E-state index in [-0.39, 0.29) is 11.5 Å².